The Morgan fingerprint density at radius 3 is 1.08 bits per heavy atom. The summed E-state index contributed by atoms with van der Waals surface area (Å²) in [5.41, 5.74) is 10.7. The van der Waals surface area contributed by atoms with Gasteiger partial charge < -0.3 is 55.5 Å². The van der Waals surface area contributed by atoms with E-state index in [4.69, 9.17) is 19.5 Å². The molecular formula is C81H103BBrF3N6O11. The number of carboxylic acid groups (broad SMARTS) is 1. The van der Waals surface area contributed by atoms with Gasteiger partial charge in [0.05, 0.1) is 43.1 Å². The van der Waals surface area contributed by atoms with Crippen LogP contribution in [0.4, 0.5) is 13.2 Å². The summed E-state index contributed by atoms with van der Waals surface area (Å²) in [7, 11) is -1.45. The van der Waals surface area contributed by atoms with Crippen molar-refractivity contribution in [3.63, 3.8) is 0 Å². The predicted octanol–water partition coefficient (Wildman–Crippen LogP) is 16.4. The molecule has 22 heteroatoms. The fraction of sp³-hybridized carbons (Fsp3) is 0.407. The van der Waals surface area contributed by atoms with Gasteiger partial charge in [-0.15, -0.1) is 0 Å². The molecule has 9 aromatic rings. The Kier molecular flexibility index (Phi) is 28.0. The predicted molar refractivity (Wildman–Crippen MR) is 410 cm³/mol. The van der Waals surface area contributed by atoms with Crippen molar-refractivity contribution in [2.75, 3.05) is 19.6 Å². The highest BCUT2D eigenvalue weighted by molar-refractivity contribution is 9.10. The molecule has 554 valence electrons. The lowest BCUT2D eigenvalue weighted by Gasteiger charge is -2.28. The quantitative estimate of drug-likeness (QED) is 0.0344. The molecule has 3 amide bonds. The minimum absolute atomic E-state index is 0. The zero-order valence-electron chi connectivity index (χ0n) is 58.1. The van der Waals surface area contributed by atoms with E-state index >= 15 is 0 Å². The monoisotopic (exact) mass is 1480 g/mol. The number of nitrogens with one attached hydrogen (secondary N) is 6. The van der Waals surface area contributed by atoms with E-state index in [1.807, 2.05) is 118 Å². The Morgan fingerprint density at radius 2 is 0.757 bits per heavy atom. The molecule has 103 heavy (non-hydrogen) atoms. The highest BCUT2D eigenvalue weighted by atomic mass is 79.9. The van der Waals surface area contributed by atoms with Crippen LogP contribution in [0, 0.1) is 33.7 Å². The number of aryl methyl sites for hydroxylation is 3. The molecule has 9 N–H and O–H groups in total. The smallest absolute Gasteiger partial charge is 0.481 e. The van der Waals surface area contributed by atoms with Gasteiger partial charge in [0.1, 0.15) is 28.7 Å². The van der Waals surface area contributed by atoms with Crippen molar-refractivity contribution in [3.8, 4) is 22.5 Å². The van der Waals surface area contributed by atoms with Crippen LogP contribution >= 0.6 is 15.9 Å². The SMILES string of the molecule is C.C.C.C.CC(C)(C)OC(=O)C(C)(C)CCc1ccc(-c2[nH]c3cc(F)cc4c3c2CCNC4=O)cc1.CC(C)(C)OC(=O)C(C)(C)CCc1ccc(B(O)O)cc1.CC(C)(CCc1ccc(-c2[nH]c3cc(F)cc4c3c2CCNC4=O)cc1)C(=O)O.O=C1NCCc2c(Br)[nH]c3cc(F)cc1c23. The summed E-state index contributed by atoms with van der Waals surface area (Å²) in [6.07, 6.45) is 6.12. The standard InChI is InChI=1S/C27H31FN2O3.C23H23FN2O3.C16H25BO4.C11H8BrFN2O.4CH4/c1-26(2,3)33-25(32)27(4,5)12-10-16-6-8-17(9-7-16)23-19-11-13-29-24(31)20-14-18(28)15-21(30-23)22(19)20;1-23(2,22(28)29)9-7-13-3-5-14(6-4-13)20-16-8-10-25-21(27)17-11-15(24)12-18(26-20)19(16)17;1-15(2,3)21-14(18)16(4,5)11-10-12-6-8-13(9-7-12)17(19)20;12-10-6-1-2-14-11(16)7-3-5(13)4-8(15-10)9(6)7;;;;/h6-9,14-15,30H,10-13H2,1-5H3,(H,29,31);3-6,11-12,26H,7-10H2,1-2H3,(H,25,27)(H,28,29);6-9,19-20H,10-11H2,1-5H3;3-4,15H,1-2H2,(H,14,16);4*1H4. The minimum atomic E-state index is -1.45. The van der Waals surface area contributed by atoms with E-state index in [2.05, 4.69) is 59.0 Å². The number of rotatable bonds is 15. The lowest BCUT2D eigenvalue weighted by Crippen LogP contribution is -2.34. The molecule has 6 aromatic carbocycles. The fourth-order valence-electron chi connectivity index (χ4n) is 12.1. The third-order valence-corrected chi connectivity index (χ3v) is 18.6. The van der Waals surface area contributed by atoms with Crippen LogP contribution < -0.4 is 21.4 Å². The molecule has 0 bridgehead atoms. The molecular weight excluding hydrogens is 1380 g/mol. The summed E-state index contributed by atoms with van der Waals surface area (Å²) < 4.78 is 53.3. The molecule has 3 aliphatic rings. The molecule has 3 aliphatic heterocycles. The number of aromatic nitrogens is 3. The van der Waals surface area contributed by atoms with E-state index in [1.165, 1.54) is 36.4 Å². The first kappa shape index (κ1) is 84.7. The molecule has 0 spiro atoms. The summed E-state index contributed by atoms with van der Waals surface area (Å²) in [5, 5.41) is 38.2. The average Bonchev–Trinajstić information content (AvgIpc) is 1.62. The van der Waals surface area contributed by atoms with Gasteiger partial charge in [-0.25, -0.2) is 13.2 Å². The molecule has 3 aromatic heterocycles. The van der Waals surface area contributed by atoms with Crippen LogP contribution in [0.5, 0.6) is 0 Å². The van der Waals surface area contributed by atoms with Gasteiger partial charge in [0.25, 0.3) is 17.7 Å². The van der Waals surface area contributed by atoms with Crippen LogP contribution in [0.1, 0.15) is 197 Å². The number of aromatic amines is 3. The van der Waals surface area contributed by atoms with Crippen LogP contribution in [-0.2, 0) is 62.4 Å². The number of esters is 2. The van der Waals surface area contributed by atoms with Crippen molar-refractivity contribution in [2.45, 2.75) is 182 Å². The molecule has 0 fully saturated rings. The number of ether oxygens (including phenoxy) is 2. The van der Waals surface area contributed by atoms with Crippen molar-refractivity contribution in [1.82, 2.24) is 30.9 Å². The summed E-state index contributed by atoms with van der Waals surface area (Å²) in [6, 6.07) is 31.4. The summed E-state index contributed by atoms with van der Waals surface area (Å²) in [4.78, 5) is 82.1. The van der Waals surface area contributed by atoms with Crippen LogP contribution in [0.25, 0.3) is 55.2 Å². The van der Waals surface area contributed by atoms with Crippen LogP contribution in [0.3, 0.4) is 0 Å². The Bertz CT molecular complexity index is 4520. The molecule has 17 nitrogen and oxygen atoms in total. The Balaban J connectivity index is 0.000000251. The van der Waals surface area contributed by atoms with Crippen molar-refractivity contribution >= 4 is 96.8 Å². The van der Waals surface area contributed by atoms with E-state index in [0.29, 0.717) is 96.9 Å². The maximum Gasteiger partial charge on any atom is 0.488 e. The van der Waals surface area contributed by atoms with Gasteiger partial charge in [-0.3, -0.25) is 28.8 Å². The van der Waals surface area contributed by atoms with Gasteiger partial charge in [-0.2, -0.15) is 0 Å². The van der Waals surface area contributed by atoms with E-state index in [1.54, 1.807) is 26.0 Å². The number of H-pyrrole nitrogens is 3. The number of halogens is 4. The maximum absolute atomic E-state index is 14.1. The Morgan fingerprint density at radius 1 is 0.456 bits per heavy atom. The van der Waals surface area contributed by atoms with E-state index < -0.39 is 58.0 Å². The number of amides is 3. The number of carbonyl (C=O) groups is 6. The highest BCUT2D eigenvalue weighted by Crippen LogP contribution is 2.39. The second-order valence-corrected chi connectivity index (χ2v) is 30.3. The zero-order chi connectivity index (χ0) is 72.3. The lowest BCUT2D eigenvalue weighted by molar-refractivity contribution is -0.167. The second kappa shape index (κ2) is 34.1. The summed E-state index contributed by atoms with van der Waals surface area (Å²) in [5.74, 6) is -3.18. The third-order valence-electron chi connectivity index (χ3n) is 17.9. The van der Waals surface area contributed by atoms with E-state index in [-0.39, 0.29) is 59.4 Å². The number of hydrogen-bond acceptors (Lipinski definition) is 10. The molecule has 0 unspecified atom stereocenters. The van der Waals surface area contributed by atoms with E-state index in [9.17, 15) is 47.0 Å². The molecule has 0 aliphatic carbocycles. The normalized spacial score (nSPS) is 13.3. The van der Waals surface area contributed by atoms with Gasteiger partial charge in [0.2, 0.25) is 0 Å². The zero-order valence-corrected chi connectivity index (χ0v) is 59.7. The highest BCUT2D eigenvalue weighted by Gasteiger charge is 2.35. The number of aliphatic carboxylic acids is 1. The largest absolute Gasteiger partial charge is 0.488 e. The van der Waals surface area contributed by atoms with Gasteiger partial charge >= 0.3 is 25.0 Å². The number of benzene rings is 6. The van der Waals surface area contributed by atoms with Gasteiger partial charge in [-0.1, -0.05) is 103 Å². The summed E-state index contributed by atoms with van der Waals surface area (Å²) in [6.45, 7) is 23.8. The summed E-state index contributed by atoms with van der Waals surface area (Å²) >= 11 is 3.40. The maximum atomic E-state index is 14.1. The van der Waals surface area contributed by atoms with Gasteiger partial charge in [-0.05, 0) is 243 Å². The number of carbonyl (C=O) groups excluding carboxylic acids is 5. The van der Waals surface area contributed by atoms with Crippen molar-refractivity contribution in [3.05, 3.63) is 181 Å². The molecule has 0 saturated carbocycles. The first-order valence-electron chi connectivity index (χ1n) is 33.2. The molecule has 12 rings (SSSR count). The molecule has 0 radical (unpaired) electrons. The van der Waals surface area contributed by atoms with Crippen LogP contribution in [0.2, 0.25) is 0 Å². The first-order valence-corrected chi connectivity index (χ1v) is 34.0. The third kappa shape index (κ3) is 20.7. The number of hydrogen-bond donors (Lipinski definition) is 9. The van der Waals surface area contributed by atoms with Crippen molar-refractivity contribution < 1.29 is 66.6 Å². The van der Waals surface area contributed by atoms with E-state index in [0.717, 1.165) is 95.9 Å². The average molecular weight is 1480 g/mol. The van der Waals surface area contributed by atoms with Crippen molar-refractivity contribution in [2.24, 2.45) is 16.2 Å². The second-order valence-electron chi connectivity index (χ2n) is 29.5. The molecule has 6 heterocycles. The molecule has 0 saturated heterocycles. The first-order chi connectivity index (χ1) is 46.4. The van der Waals surface area contributed by atoms with Gasteiger partial charge in [0.15, 0.2) is 0 Å². The fourth-order valence-corrected chi connectivity index (χ4v) is 12.7. The van der Waals surface area contributed by atoms with Crippen molar-refractivity contribution in [1.29, 1.82) is 0 Å². The minimum Gasteiger partial charge on any atom is -0.481 e. The van der Waals surface area contributed by atoms with Crippen LogP contribution in [-0.4, -0.2) is 104 Å². The Hall–Kier alpha value is -8.99. The molecule has 0 atom stereocenters. The van der Waals surface area contributed by atoms with Crippen LogP contribution in [0.15, 0.2) is 114 Å². The van der Waals surface area contributed by atoms with Gasteiger partial charge in [0, 0.05) is 58.2 Å². The Labute approximate surface area is 612 Å². The number of carboxylic acids is 1. The topological polar surface area (TPSA) is 265 Å². The lowest BCUT2D eigenvalue weighted by atomic mass is 9.79.